The zero-order valence-electron chi connectivity index (χ0n) is 11.5. The molecule has 2 aliphatic rings. The van der Waals surface area contributed by atoms with E-state index >= 15 is 0 Å². The van der Waals surface area contributed by atoms with Gasteiger partial charge in [0.05, 0.1) is 6.61 Å². The molecule has 0 aromatic heterocycles. The second-order valence-corrected chi connectivity index (χ2v) is 5.77. The standard InChI is InChI=1S/C14H28N2O/c1-12(16-7-4-3-5-8-16)10-15-13(2)14-6-9-17-11-14/h12-15H,3-11H2,1-2H3. The number of nitrogens with zero attached hydrogens (tertiary/aromatic N) is 1. The Kier molecular flexibility index (Phi) is 5.26. The van der Waals surface area contributed by atoms with Crippen molar-refractivity contribution in [3.63, 3.8) is 0 Å². The third kappa shape index (κ3) is 3.94. The fraction of sp³-hybridized carbons (Fsp3) is 1.00. The van der Waals surface area contributed by atoms with Crippen LogP contribution in [0.2, 0.25) is 0 Å². The molecule has 0 spiro atoms. The molecule has 3 nitrogen and oxygen atoms in total. The van der Waals surface area contributed by atoms with E-state index in [0.717, 1.165) is 25.7 Å². The summed E-state index contributed by atoms with van der Waals surface area (Å²) in [5.74, 6) is 0.726. The van der Waals surface area contributed by atoms with Crippen LogP contribution in [0.15, 0.2) is 0 Å². The Morgan fingerprint density at radius 1 is 1.24 bits per heavy atom. The van der Waals surface area contributed by atoms with E-state index in [1.165, 1.54) is 38.8 Å². The van der Waals surface area contributed by atoms with Gasteiger partial charge in [-0.15, -0.1) is 0 Å². The number of rotatable bonds is 5. The summed E-state index contributed by atoms with van der Waals surface area (Å²) in [4.78, 5) is 2.63. The van der Waals surface area contributed by atoms with E-state index in [-0.39, 0.29) is 0 Å². The molecule has 17 heavy (non-hydrogen) atoms. The maximum Gasteiger partial charge on any atom is 0.0509 e. The number of hydrogen-bond donors (Lipinski definition) is 1. The highest BCUT2D eigenvalue weighted by Gasteiger charge is 2.23. The Bertz CT molecular complexity index is 210. The lowest BCUT2D eigenvalue weighted by molar-refractivity contribution is 0.158. The molecule has 3 unspecified atom stereocenters. The van der Waals surface area contributed by atoms with Gasteiger partial charge >= 0.3 is 0 Å². The van der Waals surface area contributed by atoms with Crippen molar-refractivity contribution in [1.82, 2.24) is 10.2 Å². The zero-order chi connectivity index (χ0) is 12.1. The smallest absolute Gasteiger partial charge is 0.0509 e. The van der Waals surface area contributed by atoms with Gasteiger partial charge in [-0.1, -0.05) is 6.42 Å². The molecule has 0 aromatic carbocycles. The maximum atomic E-state index is 5.45. The highest BCUT2D eigenvalue weighted by Crippen LogP contribution is 2.17. The summed E-state index contributed by atoms with van der Waals surface area (Å²) >= 11 is 0. The topological polar surface area (TPSA) is 24.5 Å². The van der Waals surface area contributed by atoms with Crippen molar-refractivity contribution in [2.75, 3.05) is 32.8 Å². The summed E-state index contributed by atoms with van der Waals surface area (Å²) in [6, 6.07) is 1.28. The highest BCUT2D eigenvalue weighted by molar-refractivity contribution is 4.79. The van der Waals surface area contributed by atoms with Gasteiger partial charge < -0.3 is 10.1 Å². The first kappa shape index (κ1) is 13.3. The van der Waals surface area contributed by atoms with Gasteiger partial charge in [-0.2, -0.15) is 0 Å². The van der Waals surface area contributed by atoms with Gasteiger partial charge in [0.15, 0.2) is 0 Å². The molecule has 0 bridgehead atoms. The van der Waals surface area contributed by atoms with Crippen molar-refractivity contribution in [2.24, 2.45) is 5.92 Å². The second kappa shape index (κ2) is 6.72. The number of piperidine rings is 1. The monoisotopic (exact) mass is 240 g/mol. The predicted molar refractivity (Wildman–Crippen MR) is 71.3 cm³/mol. The van der Waals surface area contributed by atoms with Crippen molar-refractivity contribution in [2.45, 2.75) is 51.6 Å². The minimum atomic E-state index is 0.602. The molecule has 0 aliphatic carbocycles. The Balaban J connectivity index is 1.65. The average Bonchev–Trinajstić information content (AvgIpc) is 2.90. The van der Waals surface area contributed by atoms with Crippen molar-refractivity contribution in [3.8, 4) is 0 Å². The Hall–Kier alpha value is -0.120. The molecule has 2 aliphatic heterocycles. The van der Waals surface area contributed by atoms with Gasteiger partial charge in [0, 0.05) is 25.2 Å². The van der Waals surface area contributed by atoms with Crippen LogP contribution < -0.4 is 5.32 Å². The van der Waals surface area contributed by atoms with Gasteiger partial charge in [0.25, 0.3) is 0 Å². The Morgan fingerprint density at radius 3 is 2.65 bits per heavy atom. The summed E-state index contributed by atoms with van der Waals surface area (Å²) in [5, 5.41) is 3.70. The Morgan fingerprint density at radius 2 is 2.00 bits per heavy atom. The van der Waals surface area contributed by atoms with E-state index in [4.69, 9.17) is 4.74 Å². The molecule has 3 heteroatoms. The predicted octanol–water partition coefficient (Wildman–Crippen LogP) is 1.88. The van der Waals surface area contributed by atoms with Crippen molar-refractivity contribution < 1.29 is 4.74 Å². The van der Waals surface area contributed by atoms with E-state index in [1.54, 1.807) is 0 Å². The van der Waals surface area contributed by atoms with E-state index < -0.39 is 0 Å². The number of hydrogen-bond acceptors (Lipinski definition) is 3. The summed E-state index contributed by atoms with van der Waals surface area (Å²) in [6.45, 7) is 10.3. The molecule has 0 radical (unpaired) electrons. The fourth-order valence-electron chi connectivity index (χ4n) is 2.96. The molecule has 0 saturated carbocycles. The molecule has 0 amide bonds. The van der Waals surface area contributed by atoms with Gasteiger partial charge in [-0.05, 0) is 52.1 Å². The lowest BCUT2D eigenvalue weighted by Gasteiger charge is -2.33. The lowest BCUT2D eigenvalue weighted by atomic mass is 10.0. The van der Waals surface area contributed by atoms with E-state index in [0.29, 0.717) is 12.1 Å². The minimum absolute atomic E-state index is 0.602. The van der Waals surface area contributed by atoms with Crippen LogP contribution in [0.4, 0.5) is 0 Å². The molecular weight excluding hydrogens is 212 g/mol. The van der Waals surface area contributed by atoms with Crippen molar-refractivity contribution in [3.05, 3.63) is 0 Å². The zero-order valence-corrected chi connectivity index (χ0v) is 11.5. The molecule has 1 N–H and O–H groups in total. The third-order valence-corrected chi connectivity index (χ3v) is 4.42. The molecule has 2 saturated heterocycles. The average molecular weight is 240 g/mol. The number of nitrogens with one attached hydrogen (secondary N) is 1. The van der Waals surface area contributed by atoms with Crippen LogP contribution in [0.3, 0.4) is 0 Å². The molecular formula is C14H28N2O. The fourth-order valence-corrected chi connectivity index (χ4v) is 2.96. The van der Waals surface area contributed by atoms with Crippen LogP contribution in [0.5, 0.6) is 0 Å². The van der Waals surface area contributed by atoms with E-state index in [9.17, 15) is 0 Å². The summed E-state index contributed by atoms with van der Waals surface area (Å²) in [5.41, 5.74) is 0. The normalized spacial score (nSPS) is 30.4. The quantitative estimate of drug-likeness (QED) is 0.794. The van der Waals surface area contributed by atoms with Crippen molar-refractivity contribution >= 4 is 0 Å². The first-order valence-corrected chi connectivity index (χ1v) is 7.32. The van der Waals surface area contributed by atoms with Crippen LogP contribution in [0.25, 0.3) is 0 Å². The van der Waals surface area contributed by atoms with Gasteiger partial charge in [0.2, 0.25) is 0 Å². The largest absolute Gasteiger partial charge is 0.381 e. The van der Waals surface area contributed by atoms with E-state index in [1.807, 2.05) is 0 Å². The number of ether oxygens (including phenoxy) is 1. The summed E-state index contributed by atoms with van der Waals surface area (Å²) in [7, 11) is 0. The third-order valence-electron chi connectivity index (χ3n) is 4.42. The first-order chi connectivity index (χ1) is 8.27. The summed E-state index contributed by atoms with van der Waals surface area (Å²) < 4.78 is 5.45. The SMILES string of the molecule is CC(NCC(C)N1CCCCC1)C1CCOC1. The molecule has 3 atom stereocenters. The minimum Gasteiger partial charge on any atom is -0.381 e. The second-order valence-electron chi connectivity index (χ2n) is 5.77. The van der Waals surface area contributed by atoms with Crippen LogP contribution in [-0.2, 0) is 4.74 Å². The first-order valence-electron chi connectivity index (χ1n) is 7.32. The van der Waals surface area contributed by atoms with Gasteiger partial charge in [-0.3, -0.25) is 4.90 Å². The van der Waals surface area contributed by atoms with Crippen molar-refractivity contribution in [1.29, 1.82) is 0 Å². The molecule has 2 heterocycles. The van der Waals surface area contributed by atoms with Crippen LogP contribution in [0.1, 0.15) is 39.5 Å². The van der Waals surface area contributed by atoms with Crippen LogP contribution in [-0.4, -0.2) is 49.8 Å². The molecule has 2 fully saturated rings. The summed E-state index contributed by atoms with van der Waals surface area (Å²) in [6.07, 6.45) is 5.42. The molecule has 100 valence electrons. The van der Waals surface area contributed by atoms with Crippen LogP contribution in [0, 0.1) is 5.92 Å². The highest BCUT2D eigenvalue weighted by atomic mass is 16.5. The van der Waals surface area contributed by atoms with E-state index in [2.05, 4.69) is 24.1 Å². The lowest BCUT2D eigenvalue weighted by Crippen LogP contribution is -2.46. The van der Waals surface area contributed by atoms with Crippen LogP contribution >= 0.6 is 0 Å². The molecule has 2 rings (SSSR count). The molecule has 0 aromatic rings. The number of likely N-dealkylation sites (tertiary alicyclic amines) is 1. The maximum absolute atomic E-state index is 5.45. The Labute approximate surface area is 106 Å². The van der Waals surface area contributed by atoms with Gasteiger partial charge in [-0.25, -0.2) is 0 Å². The van der Waals surface area contributed by atoms with Gasteiger partial charge in [0.1, 0.15) is 0 Å².